The van der Waals surface area contributed by atoms with Crippen LogP contribution in [0.1, 0.15) is 30.9 Å². The Hall–Kier alpha value is -2.11. The number of likely N-dealkylation sites (tertiary alicyclic amines) is 1. The van der Waals surface area contributed by atoms with Gasteiger partial charge in [-0.05, 0) is 55.2 Å². The molecule has 142 valence electrons. The molecule has 27 heavy (non-hydrogen) atoms. The molecule has 1 N–H and O–H groups in total. The third-order valence-corrected chi connectivity index (χ3v) is 5.37. The summed E-state index contributed by atoms with van der Waals surface area (Å²) in [5.74, 6) is 0.244. The topological polar surface area (TPSA) is 41.6 Å². The van der Waals surface area contributed by atoms with Crippen LogP contribution in [-0.2, 0) is 11.2 Å². The van der Waals surface area contributed by atoms with Crippen molar-refractivity contribution in [2.45, 2.75) is 26.2 Å². The summed E-state index contributed by atoms with van der Waals surface area (Å²) in [5.41, 5.74) is 2.88. The molecule has 1 aliphatic rings. The molecule has 0 spiro atoms. The number of hydrogen-bond acceptors (Lipinski definition) is 3. The van der Waals surface area contributed by atoms with Crippen molar-refractivity contribution in [3.63, 3.8) is 0 Å². The summed E-state index contributed by atoms with van der Waals surface area (Å²) in [6.07, 6.45) is 3.31. The van der Waals surface area contributed by atoms with Gasteiger partial charge in [0.15, 0.2) is 6.61 Å². The quantitative estimate of drug-likeness (QED) is 0.711. The number of amides is 1. The first kappa shape index (κ1) is 19.6. The SMILES string of the molecule is CCc1ccc(NC(=O)COc2ccc(C(=S)N3CCCC3)cc2Cl)cc1. The summed E-state index contributed by atoms with van der Waals surface area (Å²) in [6.45, 7) is 3.97. The molecule has 0 bridgehead atoms. The lowest BCUT2D eigenvalue weighted by molar-refractivity contribution is -0.118. The van der Waals surface area contributed by atoms with E-state index in [1.807, 2.05) is 30.3 Å². The van der Waals surface area contributed by atoms with Gasteiger partial charge in [0.1, 0.15) is 10.7 Å². The van der Waals surface area contributed by atoms with Crippen LogP contribution in [0.15, 0.2) is 42.5 Å². The van der Waals surface area contributed by atoms with Crippen molar-refractivity contribution >= 4 is 40.4 Å². The zero-order valence-electron chi connectivity index (χ0n) is 15.3. The molecule has 1 saturated heterocycles. The Morgan fingerprint density at radius 1 is 1.19 bits per heavy atom. The van der Waals surface area contributed by atoms with Gasteiger partial charge in [0.05, 0.1) is 5.02 Å². The van der Waals surface area contributed by atoms with Crippen LogP contribution >= 0.6 is 23.8 Å². The predicted molar refractivity (Wildman–Crippen MR) is 114 cm³/mol. The zero-order chi connectivity index (χ0) is 19.2. The van der Waals surface area contributed by atoms with Gasteiger partial charge in [-0.15, -0.1) is 0 Å². The van der Waals surface area contributed by atoms with E-state index in [9.17, 15) is 4.79 Å². The van der Waals surface area contributed by atoms with Gasteiger partial charge in [-0.3, -0.25) is 4.79 Å². The van der Waals surface area contributed by atoms with E-state index in [-0.39, 0.29) is 12.5 Å². The molecule has 6 heteroatoms. The fraction of sp³-hybridized carbons (Fsp3) is 0.333. The van der Waals surface area contributed by atoms with E-state index in [4.69, 9.17) is 28.6 Å². The molecule has 1 aliphatic heterocycles. The van der Waals surface area contributed by atoms with E-state index < -0.39 is 0 Å². The second-order valence-electron chi connectivity index (χ2n) is 6.53. The van der Waals surface area contributed by atoms with Crippen LogP contribution in [0.2, 0.25) is 5.02 Å². The molecule has 1 fully saturated rings. The number of anilines is 1. The highest BCUT2D eigenvalue weighted by atomic mass is 35.5. The van der Waals surface area contributed by atoms with Crippen molar-refractivity contribution in [1.82, 2.24) is 4.90 Å². The van der Waals surface area contributed by atoms with Gasteiger partial charge in [-0.2, -0.15) is 0 Å². The monoisotopic (exact) mass is 402 g/mol. The van der Waals surface area contributed by atoms with Gasteiger partial charge in [0, 0.05) is 24.3 Å². The van der Waals surface area contributed by atoms with Crippen molar-refractivity contribution in [3.8, 4) is 5.75 Å². The number of nitrogens with one attached hydrogen (secondary N) is 1. The van der Waals surface area contributed by atoms with Crippen LogP contribution in [0.25, 0.3) is 0 Å². The molecule has 0 aromatic heterocycles. The molecule has 3 rings (SSSR count). The van der Waals surface area contributed by atoms with Gasteiger partial charge in [-0.25, -0.2) is 0 Å². The normalized spacial score (nSPS) is 13.5. The number of ether oxygens (including phenoxy) is 1. The summed E-state index contributed by atoms with van der Waals surface area (Å²) in [7, 11) is 0. The molecule has 1 heterocycles. The minimum atomic E-state index is -0.230. The minimum absolute atomic E-state index is 0.106. The van der Waals surface area contributed by atoms with Gasteiger partial charge in [0.2, 0.25) is 0 Å². The summed E-state index contributed by atoms with van der Waals surface area (Å²) >= 11 is 11.9. The third-order valence-electron chi connectivity index (χ3n) is 4.58. The maximum absolute atomic E-state index is 12.1. The molecule has 1 amide bonds. The number of carbonyl (C=O) groups is 1. The summed E-state index contributed by atoms with van der Waals surface area (Å²) < 4.78 is 5.58. The summed E-state index contributed by atoms with van der Waals surface area (Å²) in [6, 6.07) is 13.2. The molecular formula is C21H23ClN2O2S. The first-order valence-electron chi connectivity index (χ1n) is 9.17. The minimum Gasteiger partial charge on any atom is -0.482 e. The van der Waals surface area contributed by atoms with Crippen LogP contribution < -0.4 is 10.1 Å². The van der Waals surface area contributed by atoms with Crippen LogP contribution in [-0.4, -0.2) is 35.5 Å². The van der Waals surface area contributed by atoms with Gasteiger partial charge in [-0.1, -0.05) is 42.9 Å². The Bertz CT molecular complexity index is 817. The molecule has 4 nitrogen and oxygen atoms in total. The zero-order valence-corrected chi connectivity index (χ0v) is 16.9. The predicted octanol–water partition coefficient (Wildman–Crippen LogP) is 4.69. The Morgan fingerprint density at radius 3 is 2.52 bits per heavy atom. The molecule has 2 aromatic rings. The maximum Gasteiger partial charge on any atom is 0.262 e. The average Bonchev–Trinajstić information content (AvgIpc) is 3.22. The Morgan fingerprint density at radius 2 is 1.89 bits per heavy atom. The van der Waals surface area contributed by atoms with Crippen LogP contribution in [0.4, 0.5) is 5.69 Å². The number of aryl methyl sites for hydroxylation is 1. The molecule has 0 atom stereocenters. The van der Waals surface area contributed by atoms with Crippen molar-refractivity contribution in [2.24, 2.45) is 0 Å². The van der Waals surface area contributed by atoms with Crippen molar-refractivity contribution < 1.29 is 9.53 Å². The Balaban J connectivity index is 1.55. The molecule has 0 saturated carbocycles. The first-order valence-corrected chi connectivity index (χ1v) is 9.96. The number of rotatable bonds is 6. The van der Waals surface area contributed by atoms with Crippen LogP contribution in [0.3, 0.4) is 0 Å². The number of halogens is 1. The Labute approximate surface area is 170 Å². The molecule has 0 unspecified atom stereocenters. The number of hydrogen-bond donors (Lipinski definition) is 1. The Kier molecular flexibility index (Phi) is 6.69. The molecule has 2 aromatic carbocycles. The maximum atomic E-state index is 12.1. The average molecular weight is 403 g/mol. The fourth-order valence-electron chi connectivity index (χ4n) is 3.02. The third kappa shape index (κ3) is 5.21. The highest BCUT2D eigenvalue weighted by Gasteiger charge is 2.17. The van der Waals surface area contributed by atoms with Gasteiger partial charge < -0.3 is 15.0 Å². The molecular weight excluding hydrogens is 380 g/mol. The first-order chi connectivity index (χ1) is 13.1. The molecule has 0 aliphatic carbocycles. The van der Waals surface area contributed by atoms with Gasteiger partial charge in [0.25, 0.3) is 5.91 Å². The van der Waals surface area contributed by atoms with E-state index in [0.717, 1.165) is 35.7 Å². The second-order valence-corrected chi connectivity index (χ2v) is 7.33. The number of carbonyl (C=O) groups excluding carboxylic acids is 1. The lowest BCUT2D eigenvalue weighted by atomic mass is 10.1. The van der Waals surface area contributed by atoms with Crippen molar-refractivity contribution in [1.29, 1.82) is 0 Å². The fourth-order valence-corrected chi connectivity index (χ4v) is 3.56. The van der Waals surface area contributed by atoms with E-state index >= 15 is 0 Å². The lowest BCUT2D eigenvalue weighted by Gasteiger charge is -2.19. The number of nitrogens with zero attached hydrogens (tertiary/aromatic N) is 1. The van der Waals surface area contributed by atoms with Gasteiger partial charge >= 0.3 is 0 Å². The summed E-state index contributed by atoms with van der Waals surface area (Å²) in [5, 5.41) is 3.27. The largest absolute Gasteiger partial charge is 0.482 e. The standard InChI is InChI=1S/C21H23ClN2O2S/c1-2-15-5-8-17(9-6-15)23-20(25)14-26-19-10-7-16(13-18(19)22)21(27)24-11-3-4-12-24/h5-10,13H,2-4,11-12,14H2,1H3,(H,23,25). The van der Waals surface area contributed by atoms with E-state index in [2.05, 4.69) is 17.1 Å². The number of benzene rings is 2. The smallest absolute Gasteiger partial charge is 0.262 e. The van der Waals surface area contributed by atoms with Crippen LogP contribution in [0, 0.1) is 0 Å². The molecule has 0 radical (unpaired) electrons. The summed E-state index contributed by atoms with van der Waals surface area (Å²) in [4.78, 5) is 15.1. The second kappa shape index (κ2) is 9.20. The van der Waals surface area contributed by atoms with E-state index in [1.54, 1.807) is 12.1 Å². The number of thiocarbonyl (C=S) groups is 1. The van der Waals surface area contributed by atoms with E-state index in [0.29, 0.717) is 10.8 Å². The van der Waals surface area contributed by atoms with Crippen LogP contribution in [0.5, 0.6) is 5.75 Å². The lowest BCUT2D eigenvalue weighted by Crippen LogP contribution is -2.26. The van der Waals surface area contributed by atoms with E-state index in [1.165, 1.54) is 18.4 Å². The van der Waals surface area contributed by atoms with Crippen molar-refractivity contribution in [3.05, 3.63) is 58.6 Å². The highest BCUT2D eigenvalue weighted by molar-refractivity contribution is 7.80. The highest BCUT2D eigenvalue weighted by Crippen LogP contribution is 2.27. The van der Waals surface area contributed by atoms with Crippen molar-refractivity contribution in [2.75, 3.05) is 25.0 Å².